The van der Waals surface area contributed by atoms with E-state index in [4.69, 9.17) is 0 Å². The van der Waals surface area contributed by atoms with E-state index in [0.29, 0.717) is 0 Å². The topological polar surface area (TPSA) is 79.8 Å². The molecule has 1 aliphatic heterocycles. The third-order valence-corrected chi connectivity index (χ3v) is 3.35. The molecule has 0 amide bonds. The van der Waals surface area contributed by atoms with Gasteiger partial charge in [-0.2, -0.15) is 5.10 Å². The van der Waals surface area contributed by atoms with Gasteiger partial charge in [-0.1, -0.05) is 0 Å². The molecule has 0 radical (unpaired) electrons. The van der Waals surface area contributed by atoms with Crippen LogP contribution in [0.2, 0.25) is 0 Å². The molecular formula is C12H18N4O3. The van der Waals surface area contributed by atoms with Crippen LogP contribution in [-0.4, -0.2) is 38.6 Å². The zero-order valence-electron chi connectivity index (χ0n) is 11.2. The Labute approximate surface area is 110 Å². The van der Waals surface area contributed by atoms with Crippen molar-refractivity contribution >= 4 is 6.21 Å². The summed E-state index contributed by atoms with van der Waals surface area (Å²) in [6.45, 7) is 1.70. The van der Waals surface area contributed by atoms with Gasteiger partial charge in [0.15, 0.2) is 0 Å². The molecule has 1 saturated heterocycles. The molecule has 1 aromatic rings. The lowest BCUT2D eigenvalue weighted by Gasteiger charge is -2.23. The maximum atomic E-state index is 11.9. The van der Waals surface area contributed by atoms with Crippen molar-refractivity contribution in [1.82, 2.24) is 14.1 Å². The average Bonchev–Trinajstić information content (AvgIpc) is 2.44. The van der Waals surface area contributed by atoms with Crippen molar-refractivity contribution in [2.75, 3.05) is 13.1 Å². The molecule has 1 aromatic heterocycles. The Morgan fingerprint density at radius 3 is 2.37 bits per heavy atom. The second-order valence-electron chi connectivity index (χ2n) is 4.70. The minimum absolute atomic E-state index is 0.0372. The molecule has 0 aromatic carbocycles. The Balaban J connectivity index is 2.37. The van der Waals surface area contributed by atoms with Crippen molar-refractivity contribution in [3.8, 4) is 5.88 Å². The highest BCUT2D eigenvalue weighted by Gasteiger charge is 2.14. The fourth-order valence-electron chi connectivity index (χ4n) is 2.10. The zero-order chi connectivity index (χ0) is 14.0. The molecule has 2 rings (SSSR count). The quantitative estimate of drug-likeness (QED) is 0.739. The standard InChI is InChI=1S/C12H18N4O3/c1-14-10(17)9(11(18)15(2)12(14)19)8-13-16-6-4-3-5-7-16/h8,17H,3-7H2,1-2H3/b13-8+. The van der Waals surface area contributed by atoms with Gasteiger partial charge >= 0.3 is 5.69 Å². The number of piperidine rings is 1. The van der Waals surface area contributed by atoms with E-state index in [-0.39, 0.29) is 11.4 Å². The molecule has 104 valence electrons. The molecule has 0 saturated carbocycles. The van der Waals surface area contributed by atoms with Gasteiger partial charge in [-0.05, 0) is 19.3 Å². The van der Waals surface area contributed by atoms with E-state index in [9.17, 15) is 14.7 Å². The number of nitrogens with zero attached hydrogens (tertiary/aromatic N) is 4. The first-order valence-electron chi connectivity index (χ1n) is 6.30. The minimum atomic E-state index is -0.558. The molecule has 0 bridgehead atoms. The van der Waals surface area contributed by atoms with Crippen molar-refractivity contribution in [3.63, 3.8) is 0 Å². The van der Waals surface area contributed by atoms with Gasteiger partial charge in [0.2, 0.25) is 5.88 Å². The van der Waals surface area contributed by atoms with Crippen molar-refractivity contribution in [2.24, 2.45) is 19.2 Å². The molecule has 1 fully saturated rings. The third kappa shape index (κ3) is 2.54. The first kappa shape index (κ1) is 13.4. The van der Waals surface area contributed by atoms with Crippen molar-refractivity contribution < 1.29 is 5.11 Å². The van der Waals surface area contributed by atoms with Crippen LogP contribution in [0.5, 0.6) is 5.88 Å². The number of hydrogen-bond acceptors (Lipinski definition) is 5. The molecule has 0 atom stereocenters. The molecule has 19 heavy (non-hydrogen) atoms. The van der Waals surface area contributed by atoms with Crippen LogP contribution in [0, 0.1) is 0 Å². The van der Waals surface area contributed by atoms with Crippen LogP contribution in [0.3, 0.4) is 0 Å². The number of aromatic nitrogens is 2. The Bertz CT molecular complexity index is 609. The molecule has 1 N–H and O–H groups in total. The number of rotatable bonds is 2. The summed E-state index contributed by atoms with van der Waals surface area (Å²) in [6.07, 6.45) is 4.69. The summed E-state index contributed by atoms with van der Waals surface area (Å²) in [5.74, 6) is -0.353. The SMILES string of the molecule is Cn1c(O)c(/C=N/N2CCCCC2)c(=O)n(C)c1=O. The molecule has 7 nitrogen and oxygen atoms in total. The van der Waals surface area contributed by atoms with Crippen LogP contribution >= 0.6 is 0 Å². The third-order valence-electron chi connectivity index (χ3n) is 3.35. The van der Waals surface area contributed by atoms with E-state index < -0.39 is 11.2 Å². The van der Waals surface area contributed by atoms with E-state index in [2.05, 4.69) is 5.10 Å². The Kier molecular flexibility index (Phi) is 3.73. The lowest BCUT2D eigenvalue weighted by molar-refractivity contribution is 0.240. The van der Waals surface area contributed by atoms with E-state index >= 15 is 0 Å². The largest absolute Gasteiger partial charge is 0.494 e. The fraction of sp³-hybridized carbons (Fsp3) is 0.583. The normalized spacial score (nSPS) is 16.2. The van der Waals surface area contributed by atoms with Gasteiger partial charge in [-0.15, -0.1) is 0 Å². The van der Waals surface area contributed by atoms with Gasteiger partial charge in [-0.25, -0.2) is 4.79 Å². The summed E-state index contributed by atoms with van der Waals surface area (Å²) in [6, 6.07) is 0. The highest BCUT2D eigenvalue weighted by Crippen LogP contribution is 2.10. The summed E-state index contributed by atoms with van der Waals surface area (Å²) in [5, 5.41) is 15.9. The van der Waals surface area contributed by atoms with Gasteiger partial charge in [0, 0.05) is 27.2 Å². The van der Waals surface area contributed by atoms with Gasteiger partial charge in [-0.3, -0.25) is 18.9 Å². The van der Waals surface area contributed by atoms with Crippen molar-refractivity contribution in [3.05, 3.63) is 26.4 Å². The Morgan fingerprint density at radius 2 is 1.74 bits per heavy atom. The number of hydrazone groups is 1. The first-order valence-corrected chi connectivity index (χ1v) is 6.30. The van der Waals surface area contributed by atoms with Crippen LogP contribution in [0.1, 0.15) is 24.8 Å². The summed E-state index contributed by atoms with van der Waals surface area (Å²) in [5.41, 5.74) is -1.06. The van der Waals surface area contributed by atoms with Gasteiger partial charge < -0.3 is 5.11 Å². The highest BCUT2D eigenvalue weighted by atomic mass is 16.3. The van der Waals surface area contributed by atoms with E-state index in [1.54, 1.807) is 0 Å². The molecule has 7 heteroatoms. The molecule has 1 aliphatic rings. The van der Waals surface area contributed by atoms with Gasteiger partial charge in [0.1, 0.15) is 5.56 Å². The lowest BCUT2D eigenvalue weighted by atomic mass is 10.2. The molecule has 0 spiro atoms. The average molecular weight is 266 g/mol. The minimum Gasteiger partial charge on any atom is -0.494 e. The van der Waals surface area contributed by atoms with E-state index in [1.807, 2.05) is 5.01 Å². The van der Waals surface area contributed by atoms with Crippen LogP contribution in [0.15, 0.2) is 14.7 Å². The summed E-state index contributed by atoms with van der Waals surface area (Å²) in [7, 11) is 2.79. The maximum Gasteiger partial charge on any atom is 0.333 e. The second-order valence-corrected chi connectivity index (χ2v) is 4.70. The van der Waals surface area contributed by atoms with Crippen LogP contribution in [0.4, 0.5) is 0 Å². The van der Waals surface area contributed by atoms with Crippen LogP contribution in [-0.2, 0) is 14.1 Å². The smallest absolute Gasteiger partial charge is 0.333 e. The van der Waals surface area contributed by atoms with Gasteiger partial charge in [0.25, 0.3) is 5.56 Å². The zero-order valence-corrected chi connectivity index (χ0v) is 11.2. The summed E-state index contributed by atoms with van der Waals surface area (Å²) < 4.78 is 1.98. The Morgan fingerprint density at radius 1 is 1.11 bits per heavy atom. The maximum absolute atomic E-state index is 11.9. The first-order chi connectivity index (χ1) is 9.02. The van der Waals surface area contributed by atoms with Crippen molar-refractivity contribution in [1.29, 1.82) is 0 Å². The number of hydrogen-bond donors (Lipinski definition) is 1. The van der Waals surface area contributed by atoms with Crippen molar-refractivity contribution in [2.45, 2.75) is 19.3 Å². The predicted molar refractivity (Wildman–Crippen MR) is 71.6 cm³/mol. The summed E-state index contributed by atoms with van der Waals surface area (Å²) in [4.78, 5) is 23.5. The predicted octanol–water partition coefficient (Wildman–Crippen LogP) is -0.391. The fourth-order valence-corrected chi connectivity index (χ4v) is 2.10. The second kappa shape index (κ2) is 5.29. The Hall–Kier alpha value is -2.05. The highest BCUT2D eigenvalue weighted by molar-refractivity contribution is 5.81. The van der Waals surface area contributed by atoms with E-state index in [0.717, 1.165) is 35.1 Å². The molecular weight excluding hydrogens is 248 g/mol. The monoisotopic (exact) mass is 266 g/mol. The lowest BCUT2D eigenvalue weighted by Crippen LogP contribution is -2.38. The molecule has 0 aliphatic carbocycles. The molecule has 0 unspecified atom stereocenters. The molecule has 2 heterocycles. The summed E-state index contributed by atoms with van der Waals surface area (Å²) >= 11 is 0. The number of aromatic hydroxyl groups is 1. The van der Waals surface area contributed by atoms with Crippen LogP contribution in [0.25, 0.3) is 0 Å². The van der Waals surface area contributed by atoms with Gasteiger partial charge in [0.05, 0.1) is 6.21 Å². The van der Waals surface area contributed by atoms with E-state index in [1.165, 1.54) is 26.7 Å². The van der Waals surface area contributed by atoms with Crippen LogP contribution < -0.4 is 11.2 Å².